The predicted molar refractivity (Wildman–Crippen MR) is 56.0 cm³/mol. The zero-order valence-corrected chi connectivity index (χ0v) is 9.15. The number of hydrogen-bond donors (Lipinski definition) is 0. The Morgan fingerprint density at radius 3 is 2.54 bits per heavy atom. The first-order valence-corrected chi connectivity index (χ1v) is 4.70. The molecule has 0 amide bonds. The van der Waals surface area contributed by atoms with Crippen molar-refractivity contribution in [2.24, 2.45) is 0 Å². The third-order valence-electron chi connectivity index (χ3n) is 2.00. The van der Waals surface area contributed by atoms with Crippen molar-refractivity contribution in [3.63, 3.8) is 0 Å². The summed E-state index contributed by atoms with van der Waals surface area (Å²) in [5, 5.41) is 0. The average molecular weight is 241 g/mol. The number of hydrogen-bond acceptors (Lipinski definition) is 0. The fourth-order valence-electron chi connectivity index (χ4n) is 0.968. The van der Waals surface area contributed by atoms with Crippen molar-refractivity contribution in [3.8, 4) is 12.3 Å². The maximum Gasteiger partial charge on any atom is 0.137 e. The summed E-state index contributed by atoms with van der Waals surface area (Å²) in [6.07, 6.45) is 5.37. The summed E-state index contributed by atoms with van der Waals surface area (Å²) in [5.41, 5.74) is 0.583. The van der Waals surface area contributed by atoms with Crippen LogP contribution in [0.4, 0.5) is 4.39 Å². The van der Waals surface area contributed by atoms with E-state index in [1.807, 2.05) is 13.8 Å². The van der Waals surface area contributed by atoms with E-state index in [0.717, 1.165) is 5.56 Å². The van der Waals surface area contributed by atoms with Crippen LogP contribution in [-0.2, 0) is 5.41 Å². The summed E-state index contributed by atoms with van der Waals surface area (Å²) >= 11 is 3.12. The summed E-state index contributed by atoms with van der Waals surface area (Å²) in [4.78, 5) is 0. The number of benzene rings is 1. The van der Waals surface area contributed by atoms with Crippen molar-refractivity contribution in [1.82, 2.24) is 0 Å². The molecule has 2 heteroatoms. The molecule has 1 aromatic rings. The Balaban J connectivity index is 3.20. The first-order valence-electron chi connectivity index (χ1n) is 3.90. The summed E-state index contributed by atoms with van der Waals surface area (Å²) in [6.45, 7) is 3.85. The molecule has 0 aliphatic rings. The molecule has 0 saturated heterocycles. The molecule has 0 heterocycles. The van der Waals surface area contributed by atoms with Crippen molar-refractivity contribution < 1.29 is 4.39 Å². The minimum absolute atomic E-state index is 0.267. The molecule has 68 valence electrons. The van der Waals surface area contributed by atoms with E-state index < -0.39 is 0 Å². The van der Waals surface area contributed by atoms with Gasteiger partial charge in [0.1, 0.15) is 5.82 Å². The lowest BCUT2D eigenvalue weighted by atomic mass is 9.86. The lowest BCUT2D eigenvalue weighted by Crippen LogP contribution is -2.13. The van der Waals surface area contributed by atoms with Crippen molar-refractivity contribution in [1.29, 1.82) is 0 Å². The quantitative estimate of drug-likeness (QED) is 0.660. The van der Waals surface area contributed by atoms with Crippen LogP contribution in [0, 0.1) is 18.2 Å². The Morgan fingerprint density at radius 1 is 1.46 bits per heavy atom. The SMILES string of the molecule is C#CC(C)(C)c1ccc(F)c(Br)c1. The van der Waals surface area contributed by atoms with E-state index >= 15 is 0 Å². The van der Waals surface area contributed by atoms with Gasteiger partial charge in [-0.05, 0) is 47.5 Å². The second-order valence-corrected chi connectivity index (χ2v) is 4.25. The lowest BCUT2D eigenvalue weighted by Gasteiger charge is -2.18. The van der Waals surface area contributed by atoms with Gasteiger partial charge in [0.15, 0.2) is 0 Å². The predicted octanol–water partition coefficient (Wildman–Crippen LogP) is 3.50. The van der Waals surface area contributed by atoms with E-state index in [-0.39, 0.29) is 11.2 Å². The van der Waals surface area contributed by atoms with Crippen LogP contribution in [0.5, 0.6) is 0 Å². The molecule has 0 atom stereocenters. The highest BCUT2D eigenvalue weighted by Gasteiger charge is 2.17. The van der Waals surface area contributed by atoms with Crippen molar-refractivity contribution in [2.45, 2.75) is 19.3 Å². The molecule has 0 spiro atoms. The molecule has 0 aliphatic carbocycles. The maximum absolute atomic E-state index is 12.9. The van der Waals surface area contributed by atoms with Gasteiger partial charge in [0.2, 0.25) is 0 Å². The number of halogens is 2. The highest BCUT2D eigenvalue weighted by molar-refractivity contribution is 9.10. The third-order valence-corrected chi connectivity index (χ3v) is 2.61. The minimum Gasteiger partial charge on any atom is -0.206 e. The molecule has 0 aliphatic heterocycles. The van der Waals surface area contributed by atoms with Crippen molar-refractivity contribution in [2.75, 3.05) is 0 Å². The first-order chi connectivity index (χ1) is 5.97. The highest BCUT2D eigenvalue weighted by Crippen LogP contribution is 2.26. The minimum atomic E-state index is -0.351. The van der Waals surface area contributed by atoms with Gasteiger partial charge in [0.05, 0.1) is 9.89 Å². The summed E-state index contributed by atoms with van der Waals surface area (Å²) < 4.78 is 13.3. The van der Waals surface area contributed by atoms with Gasteiger partial charge in [-0.3, -0.25) is 0 Å². The van der Waals surface area contributed by atoms with Crippen LogP contribution in [0.25, 0.3) is 0 Å². The van der Waals surface area contributed by atoms with Crippen LogP contribution >= 0.6 is 15.9 Å². The zero-order chi connectivity index (χ0) is 10.1. The van der Waals surface area contributed by atoms with E-state index in [0.29, 0.717) is 4.47 Å². The van der Waals surface area contributed by atoms with Gasteiger partial charge in [-0.1, -0.05) is 12.0 Å². The van der Waals surface area contributed by atoms with Crippen LogP contribution in [0.2, 0.25) is 0 Å². The fraction of sp³-hybridized carbons (Fsp3) is 0.273. The number of terminal acetylenes is 1. The Bertz CT molecular complexity index is 361. The Labute approximate surface area is 86.3 Å². The molecule has 0 aromatic heterocycles. The molecule has 0 nitrogen and oxygen atoms in total. The molecule has 0 N–H and O–H groups in total. The molecule has 1 aromatic carbocycles. The standard InChI is InChI=1S/C11H10BrF/c1-4-11(2,3)8-5-6-10(13)9(12)7-8/h1,5-7H,2-3H3. The van der Waals surface area contributed by atoms with E-state index in [1.54, 1.807) is 12.1 Å². The summed E-state index contributed by atoms with van der Waals surface area (Å²) in [6, 6.07) is 4.84. The van der Waals surface area contributed by atoms with Crippen LogP contribution in [0.15, 0.2) is 22.7 Å². The van der Waals surface area contributed by atoms with Gasteiger partial charge in [-0.2, -0.15) is 0 Å². The lowest BCUT2D eigenvalue weighted by molar-refractivity contribution is 0.615. The topological polar surface area (TPSA) is 0 Å². The molecule has 1 rings (SSSR count). The Kier molecular flexibility index (Phi) is 2.77. The molecule has 0 radical (unpaired) electrons. The normalized spacial score (nSPS) is 11.0. The zero-order valence-electron chi connectivity index (χ0n) is 7.57. The van der Waals surface area contributed by atoms with Gasteiger partial charge >= 0.3 is 0 Å². The van der Waals surface area contributed by atoms with E-state index in [9.17, 15) is 4.39 Å². The van der Waals surface area contributed by atoms with E-state index in [4.69, 9.17) is 6.42 Å². The van der Waals surface area contributed by atoms with E-state index in [1.165, 1.54) is 6.07 Å². The molecular weight excluding hydrogens is 231 g/mol. The van der Waals surface area contributed by atoms with Gasteiger partial charge in [-0.15, -0.1) is 6.42 Å². The van der Waals surface area contributed by atoms with Gasteiger partial charge in [-0.25, -0.2) is 4.39 Å². The Morgan fingerprint density at radius 2 is 2.08 bits per heavy atom. The van der Waals surface area contributed by atoms with Crippen LogP contribution < -0.4 is 0 Å². The van der Waals surface area contributed by atoms with Gasteiger partial charge in [0.25, 0.3) is 0 Å². The molecule has 0 saturated carbocycles. The van der Waals surface area contributed by atoms with Crippen LogP contribution in [0.1, 0.15) is 19.4 Å². The Hall–Kier alpha value is -0.810. The molecule has 0 unspecified atom stereocenters. The monoisotopic (exact) mass is 240 g/mol. The van der Waals surface area contributed by atoms with Crippen LogP contribution in [-0.4, -0.2) is 0 Å². The molecule has 0 fully saturated rings. The van der Waals surface area contributed by atoms with Crippen molar-refractivity contribution in [3.05, 3.63) is 34.1 Å². The van der Waals surface area contributed by atoms with Crippen molar-refractivity contribution >= 4 is 15.9 Å². The van der Waals surface area contributed by atoms with Crippen LogP contribution in [0.3, 0.4) is 0 Å². The average Bonchev–Trinajstić information content (AvgIpc) is 2.09. The molecule has 0 bridgehead atoms. The largest absolute Gasteiger partial charge is 0.206 e. The first kappa shape index (κ1) is 10.3. The third kappa shape index (κ3) is 2.10. The van der Waals surface area contributed by atoms with Gasteiger partial charge < -0.3 is 0 Å². The summed E-state index contributed by atoms with van der Waals surface area (Å²) in [7, 11) is 0. The smallest absolute Gasteiger partial charge is 0.137 e. The molecular formula is C11H10BrF. The second-order valence-electron chi connectivity index (χ2n) is 3.40. The molecule has 13 heavy (non-hydrogen) atoms. The van der Waals surface area contributed by atoms with Gasteiger partial charge in [0, 0.05) is 0 Å². The fourth-order valence-corrected chi connectivity index (χ4v) is 1.35. The summed E-state index contributed by atoms with van der Waals surface area (Å²) in [5.74, 6) is 2.39. The maximum atomic E-state index is 12.9. The highest BCUT2D eigenvalue weighted by atomic mass is 79.9. The van der Waals surface area contributed by atoms with E-state index in [2.05, 4.69) is 21.9 Å². The second kappa shape index (κ2) is 3.51. The number of rotatable bonds is 1.